The quantitative estimate of drug-likeness (QED) is 0.414. The smallest absolute Gasteiger partial charge is 0.121 e. The Kier molecular flexibility index (Phi) is 4.55. The molecule has 4 nitrogen and oxygen atoms in total. The molecular formula is C6H13O4. The monoisotopic (exact) mass is 149 g/mol. The van der Waals surface area contributed by atoms with Crippen LogP contribution in [0.4, 0.5) is 0 Å². The normalized spacial score (nSPS) is 17.4. The lowest BCUT2D eigenvalue weighted by Crippen LogP contribution is -2.31. The van der Waals surface area contributed by atoms with Crippen LogP contribution in [0.25, 0.3) is 0 Å². The molecule has 0 bridgehead atoms. The van der Waals surface area contributed by atoms with E-state index in [2.05, 4.69) is 0 Å². The number of aliphatic hydroxyl groups excluding tert-OH is 4. The van der Waals surface area contributed by atoms with Crippen molar-refractivity contribution >= 4 is 0 Å². The number of hydrogen-bond acceptors (Lipinski definition) is 4. The zero-order valence-corrected chi connectivity index (χ0v) is 5.86. The molecule has 61 valence electrons. The maximum Gasteiger partial charge on any atom is 0.121 e. The molecule has 0 saturated heterocycles. The molecule has 2 unspecified atom stereocenters. The van der Waals surface area contributed by atoms with E-state index in [0.29, 0.717) is 0 Å². The average molecular weight is 149 g/mol. The number of hydrogen-bond donors (Lipinski definition) is 4. The topological polar surface area (TPSA) is 80.9 Å². The molecule has 0 heterocycles. The average Bonchev–Trinajstić information content (AvgIpc) is 1.87. The van der Waals surface area contributed by atoms with E-state index in [9.17, 15) is 0 Å². The van der Waals surface area contributed by atoms with Crippen LogP contribution in [0.15, 0.2) is 0 Å². The summed E-state index contributed by atoms with van der Waals surface area (Å²) in [5, 5.41) is 34.7. The molecule has 0 aromatic carbocycles. The molecule has 0 aliphatic carbocycles. The Morgan fingerprint density at radius 3 is 2.20 bits per heavy atom. The van der Waals surface area contributed by atoms with E-state index in [1.165, 1.54) is 6.92 Å². The molecule has 10 heavy (non-hydrogen) atoms. The van der Waals surface area contributed by atoms with Crippen LogP contribution in [0.5, 0.6) is 0 Å². The predicted molar refractivity (Wildman–Crippen MR) is 34.6 cm³/mol. The molecule has 0 aromatic rings. The van der Waals surface area contributed by atoms with Crippen LogP contribution in [0.2, 0.25) is 0 Å². The summed E-state index contributed by atoms with van der Waals surface area (Å²) in [6.45, 7) is 1.09. The van der Waals surface area contributed by atoms with Crippen molar-refractivity contribution in [2.24, 2.45) is 0 Å². The van der Waals surface area contributed by atoms with Crippen molar-refractivity contribution in [3.05, 3.63) is 6.10 Å². The van der Waals surface area contributed by atoms with E-state index in [1.807, 2.05) is 0 Å². The molecule has 0 rings (SSSR count). The van der Waals surface area contributed by atoms with Crippen LogP contribution < -0.4 is 0 Å². The Labute approximate surface area is 59.7 Å². The van der Waals surface area contributed by atoms with Gasteiger partial charge in [-0.2, -0.15) is 0 Å². The van der Waals surface area contributed by atoms with E-state index in [1.54, 1.807) is 0 Å². The molecule has 0 saturated carbocycles. The van der Waals surface area contributed by atoms with Gasteiger partial charge in [0.15, 0.2) is 0 Å². The SMILES string of the molecule is C[C](O)C(O)C(O)CCO. The molecular weight excluding hydrogens is 136 g/mol. The maximum absolute atomic E-state index is 8.90. The lowest BCUT2D eigenvalue weighted by Gasteiger charge is -2.17. The first kappa shape index (κ1) is 9.84. The molecule has 1 radical (unpaired) electrons. The third kappa shape index (κ3) is 3.12. The molecule has 0 fully saturated rings. The Balaban J connectivity index is 3.58. The second kappa shape index (κ2) is 4.62. The molecule has 4 N–H and O–H groups in total. The standard InChI is InChI=1S/C6H13O4/c1-4(8)6(10)5(9)2-3-7/h5-10H,2-3H2,1H3. The van der Waals surface area contributed by atoms with Crippen molar-refractivity contribution in [2.45, 2.75) is 25.6 Å². The summed E-state index contributed by atoms with van der Waals surface area (Å²) in [6, 6.07) is 0. The van der Waals surface area contributed by atoms with Crippen LogP contribution in [0.3, 0.4) is 0 Å². The van der Waals surface area contributed by atoms with Gasteiger partial charge in [-0.05, 0) is 13.3 Å². The summed E-state index contributed by atoms with van der Waals surface area (Å²) in [6.07, 6.45) is -2.48. The van der Waals surface area contributed by atoms with Gasteiger partial charge in [-0.15, -0.1) is 0 Å². The molecule has 0 aliphatic heterocycles. The molecule has 2 atom stereocenters. The fraction of sp³-hybridized carbons (Fsp3) is 0.833. The minimum absolute atomic E-state index is 0.0685. The largest absolute Gasteiger partial charge is 0.396 e. The molecule has 0 aromatic heterocycles. The third-order valence-corrected chi connectivity index (χ3v) is 1.22. The first-order valence-corrected chi connectivity index (χ1v) is 3.09. The Hall–Kier alpha value is -0.160. The molecule has 0 spiro atoms. The van der Waals surface area contributed by atoms with Gasteiger partial charge in [-0.1, -0.05) is 0 Å². The summed E-state index contributed by atoms with van der Waals surface area (Å²) in [5.74, 6) is 0. The van der Waals surface area contributed by atoms with E-state index < -0.39 is 12.2 Å². The highest BCUT2D eigenvalue weighted by Gasteiger charge is 2.20. The number of aliphatic hydroxyl groups is 4. The van der Waals surface area contributed by atoms with Crippen LogP contribution in [0, 0.1) is 6.10 Å². The summed E-state index contributed by atoms with van der Waals surface area (Å²) >= 11 is 0. The summed E-state index contributed by atoms with van der Waals surface area (Å²) in [4.78, 5) is 0. The van der Waals surface area contributed by atoms with Crippen molar-refractivity contribution in [1.29, 1.82) is 0 Å². The Morgan fingerprint density at radius 1 is 1.40 bits per heavy atom. The molecule has 0 amide bonds. The third-order valence-electron chi connectivity index (χ3n) is 1.22. The maximum atomic E-state index is 8.90. The van der Waals surface area contributed by atoms with E-state index in [0.717, 1.165) is 0 Å². The Morgan fingerprint density at radius 2 is 1.90 bits per heavy atom. The van der Waals surface area contributed by atoms with Crippen LogP contribution >= 0.6 is 0 Å². The summed E-state index contributed by atoms with van der Waals surface area (Å²) in [7, 11) is 0. The fourth-order valence-electron chi connectivity index (χ4n) is 0.569. The van der Waals surface area contributed by atoms with Gasteiger partial charge in [0.2, 0.25) is 0 Å². The molecule has 0 aliphatic rings. The lowest BCUT2D eigenvalue weighted by atomic mass is 10.1. The second-order valence-electron chi connectivity index (χ2n) is 2.17. The van der Waals surface area contributed by atoms with Gasteiger partial charge in [0, 0.05) is 6.61 Å². The van der Waals surface area contributed by atoms with Crippen LogP contribution in [-0.4, -0.2) is 39.2 Å². The minimum atomic E-state index is -1.24. The fourth-order valence-corrected chi connectivity index (χ4v) is 0.569. The van der Waals surface area contributed by atoms with Crippen molar-refractivity contribution in [3.8, 4) is 0 Å². The van der Waals surface area contributed by atoms with Gasteiger partial charge in [0.1, 0.15) is 12.2 Å². The number of rotatable bonds is 4. The summed E-state index contributed by atoms with van der Waals surface area (Å²) in [5.41, 5.74) is 0. The highest BCUT2D eigenvalue weighted by Crippen LogP contribution is 2.07. The highest BCUT2D eigenvalue weighted by molar-refractivity contribution is 4.84. The minimum Gasteiger partial charge on any atom is -0.396 e. The van der Waals surface area contributed by atoms with Gasteiger partial charge >= 0.3 is 0 Å². The zero-order valence-electron chi connectivity index (χ0n) is 5.86. The van der Waals surface area contributed by atoms with Crippen molar-refractivity contribution in [2.75, 3.05) is 6.61 Å². The van der Waals surface area contributed by atoms with Crippen LogP contribution in [-0.2, 0) is 0 Å². The van der Waals surface area contributed by atoms with E-state index in [-0.39, 0.29) is 19.1 Å². The van der Waals surface area contributed by atoms with Crippen molar-refractivity contribution < 1.29 is 20.4 Å². The van der Waals surface area contributed by atoms with E-state index >= 15 is 0 Å². The Bertz CT molecular complexity index is 83.8. The van der Waals surface area contributed by atoms with Crippen molar-refractivity contribution in [3.63, 3.8) is 0 Å². The van der Waals surface area contributed by atoms with Gasteiger partial charge in [0.05, 0.1) is 6.10 Å². The second-order valence-corrected chi connectivity index (χ2v) is 2.17. The first-order valence-electron chi connectivity index (χ1n) is 3.09. The van der Waals surface area contributed by atoms with Gasteiger partial charge in [0.25, 0.3) is 0 Å². The van der Waals surface area contributed by atoms with Crippen molar-refractivity contribution in [1.82, 2.24) is 0 Å². The molecule has 4 heteroatoms. The summed E-state index contributed by atoms with van der Waals surface area (Å²) < 4.78 is 0. The zero-order chi connectivity index (χ0) is 8.15. The van der Waals surface area contributed by atoms with Gasteiger partial charge in [-0.25, -0.2) is 0 Å². The van der Waals surface area contributed by atoms with Crippen LogP contribution in [0.1, 0.15) is 13.3 Å². The van der Waals surface area contributed by atoms with Gasteiger partial charge in [-0.3, -0.25) is 0 Å². The highest BCUT2D eigenvalue weighted by atomic mass is 16.4. The lowest BCUT2D eigenvalue weighted by molar-refractivity contribution is -0.0179. The first-order chi connectivity index (χ1) is 4.59. The van der Waals surface area contributed by atoms with Gasteiger partial charge < -0.3 is 20.4 Å². The van der Waals surface area contributed by atoms with E-state index in [4.69, 9.17) is 20.4 Å². The predicted octanol–water partition coefficient (Wildman–Crippen LogP) is -0.985.